The second kappa shape index (κ2) is 6.72. The first kappa shape index (κ1) is 15.5. The molecule has 2 N–H and O–H groups in total. The third-order valence-electron chi connectivity index (χ3n) is 3.37. The first-order chi connectivity index (χ1) is 9.95. The summed E-state index contributed by atoms with van der Waals surface area (Å²) in [4.78, 5) is 16.3. The molecule has 1 aromatic carbocycles. The lowest BCUT2D eigenvalue weighted by Gasteiger charge is -2.17. The maximum absolute atomic E-state index is 11.9. The molecule has 2 aromatic rings. The standard InChI is InChI=1S/C16H21N3OS/c1-10(2)12(4)18-16(20)19-14-7-5-13(6-8-14)15-17-11(3)9-21-15/h5-10,12H,1-4H3,(H2,18,19,20). The van der Waals surface area contributed by atoms with Crippen LogP contribution in [0, 0.1) is 12.8 Å². The molecule has 1 unspecified atom stereocenters. The average molecular weight is 303 g/mol. The van der Waals surface area contributed by atoms with Crippen LogP contribution in [0.3, 0.4) is 0 Å². The third kappa shape index (κ3) is 4.29. The van der Waals surface area contributed by atoms with Crippen molar-refractivity contribution in [3.8, 4) is 10.6 Å². The van der Waals surface area contributed by atoms with Gasteiger partial charge in [0.05, 0.1) is 0 Å². The molecule has 112 valence electrons. The monoisotopic (exact) mass is 303 g/mol. The number of benzene rings is 1. The van der Waals surface area contributed by atoms with Crippen LogP contribution < -0.4 is 10.6 Å². The van der Waals surface area contributed by atoms with Crippen molar-refractivity contribution < 1.29 is 4.79 Å². The second-order valence-electron chi connectivity index (χ2n) is 5.50. The molecule has 21 heavy (non-hydrogen) atoms. The number of rotatable bonds is 4. The molecule has 5 heteroatoms. The predicted octanol–water partition coefficient (Wildman–Crippen LogP) is 4.28. The van der Waals surface area contributed by atoms with E-state index in [1.165, 1.54) is 0 Å². The SMILES string of the molecule is Cc1csc(-c2ccc(NC(=O)NC(C)C(C)C)cc2)n1. The van der Waals surface area contributed by atoms with Gasteiger partial charge < -0.3 is 10.6 Å². The van der Waals surface area contributed by atoms with Crippen molar-refractivity contribution in [2.24, 2.45) is 5.92 Å². The molecular weight excluding hydrogens is 282 g/mol. The van der Waals surface area contributed by atoms with Crippen molar-refractivity contribution in [2.45, 2.75) is 33.7 Å². The van der Waals surface area contributed by atoms with Gasteiger partial charge >= 0.3 is 6.03 Å². The fourth-order valence-corrected chi connectivity index (χ4v) is 2.53. The zero-order valence-electron chi connectivity index (χ0n) is 12.8. The van der Waals surface area contributed by atoms with Crippen LogP contribution in [0.15, 0.2) is 29.6 Å². The van der Waals surface area contributed by atoms with Crippen LogP contribution in [0.4, 0.5) is 10.5 Å². The summed E-state index contributed by atoms with van der Waals surface area (Å²) in [5, 5.41) is 8.79. The smallest absolute Gasteiger partial charge is 0.319 e. The average Bonchev–Trinajstić information content (AvgIpc) is 2.86. The Hall–Kier alpha value is -1.88. The topological polar surface area (TPSA) is 54.0 Å². The Morgan fingerprint density at radius 3 is 2.38 bits per heavy atom. The number of carbonyl (C=O) groups is 1. The molecule has 1 aromatic heterocycles. The largest absolute Gasteiger partial charge is 0.335 e. The van der Waals surface area contributed by atoms with Crippen LogP contribution in [0.5, 0.6) is 0 Å². The number of anilines is 1. The summed E-state index contributed by atoms with van der Waals surface area (Å²) in [6.07, 6.45) is 0. The van der Waals surface area contributed by atoms with Crippen molar-refractivity contribution in [3.05, 3.63) is 35.3 Å². The minimum atomic E-state index is -0.172. The summed E-state index contributed by atoms with van der Waals surface area (Å²) in [5.41, 5.74) is 2.87. The molecule has 0 saturated carbocycles. The summed E-state index contributed by atoms with van der Waals surface area (Å²) in [6, 6.07) is 7.70. The van der Waals surface area contributed by atoms with Crippen molar-refractivity contribution in [1.82, 2.24) is 10.3 Å². The lowest BCUT2D eigenvalue weighted by atomic mass is 10.1. The van der Waals surface area contributed by atoms with Gasteiger partial charge in [0.1, 0.15) is 5.01 Å². The highest BCUT2D eigenvalue weighted by Crippen LogP contribution is 2.24. The van der Waals surface area contributed by atoms with Gasteiger partial charge in [-0.15, -0.1) is 11.3 Å². The van der Waals surface area contributed by atoms with Crippen molar-refractivity contribution in [3.63, 3.8) is 0 Å². The fraction of sp³-hybridized carbons (Fsp3) is 0.375. The molecule has 2 rings (SSSR count). The van der Waals surface area contributed by atoms with E-state index in [4.69, 9.17) is 0 Å². The molecule has 4 nitrogen and oxygen atoms in total. The molecule has 0 fully saturated rings. The number of aryl methyl sites for hydroxylation is 1. The highest BCUT2D eigenvalue weighted by molar-refractivity contribution is 7.13. The predicted molar refractivity (Wildman–Crippen MR) is 88.7 cm³/mol. The van der Waals surface area contributed by atoms with E-state index in [0.29, 0.717) is 5.92 Å². The molecule has 1 atom stereocenters. The minimum absolute atomic E-state index is 0.141. The van der Waals surface area contributed by atoms with Crippen LogP contribution in [0.25, 0.3) is 10.6 Å². The van der Waals surface area contributed by atoms with E-state index in [1.807, 2.05) is 43.5 Å². The van der Waals surface area contributed by atoms with Crippen LogP contribution in [0.2, 0.25) is 0 Å². The number of amides is 2. The number of nitrogens with one attached hydrogen (secondary N) is 2. The molecule has 0 spiro atoms. The Labute approximate surface area is 129 Å². The molecule has 1 heterocycles. The first-order valence-electron chi connectivity index (χ1n) is 7.06. The van der Waals surface area contributed by atoms with E-state index < -0.39 is 0 Å². The van der Waals surface area contributed by atoms with Gasteiger partial charge in [-0.1, -0.05) is 13.8 Å². The van der Waals surface area contributed by atoms with Gasteiger partial charge in [0.25, 0.3) is 0 Å². The fourth-order valence-electron chi connectivity index (χ4n) is 1.72. The van der Waals surface area contributed by atoms with Gasteiger partial charge in [-0.3, -0.25) is 0 Å². The second-order valence-corrected chi connectivity index (χ2v) is 6.36. The van der Waals surface area contributed by atoms with Crippen LogP contribution >= 0.6 is 11.3 Å². The van der Waals surface area contributed by atoms with Crippen molar-refractivity contribution >= 4 is 23.1 Å². The summed E-state index contributed by atoms with van der Waals surface area (Å²) in [7, 11) is 0. The Morgan fingerprint density at radius 1 is 1.19 bits per heavy atom. The first-order valence-corrected chi connectivity index (χ1v) is 7.93. The normalized spacial score (nSPS) is 12.2. The highest BCUT2D eigenvalue weighted by Gasteiger charge is 2.10. The van der Waals surface area contributed by atoms with Gasteiger partial charge in [-0.2, -0.15) is 0 Å². The van der Waals surface area contributed by atoms with Gasteiger partial charge in [-0.05, 0) is 44.0 Å². The van der Waals surface area contributed by atoms with Crippen molar-refractivity contribution in [2.75, 3.05) is 5.32 Å². The number of carbonyl (C=O) groups excluding carboxylic acids is 1. The maximum Gasteiger partial charge on any atom is 0.319 e. The van der Waals surface area contributed by atoms with E-state index in [1.54, 1.807) is 11.3 Å². The summed E-state index contributed by atoms with van der Waals surface area (Å²) < 4.78 is 0. The molecule has 0 aliphatic heterocycles. The van der Waals surface area contributed by atoms with Gasteiger partial charge in [0.2, 0.25) is 0 Å². The van der Waals surface area contributed by atoms with E-state index in [0.717, 1.165) is 22.0 Å². The molecule has 0 aliphatic carbocycles. The van der Waals surface area contributed by atoms with Crippen LogP contribution in [0.1, 0.15) is 26.5 Å². The van der Waals surface area contributed by atoms with Gasteiger partial charge in [-0.25, -0.2) is 9.78 Å². The van der Waals surface area contributed by atoms with E-state index >= 15 is 0 Å². The maximum atomic E-state index is 11.9. The number of aromatic nitrogens is 1. The van der Waals surface area contributed by atoms with Gasteiger partial charge in [0.15, 0.2) is 0 Å². The number of nitrogens with zero attached hydrogens (tertiary/aromatic N) is 1. The quantitative estimate of drug-likeness (QED) is 0.885. The molecule has 0 saturated heterocycles. The molecule has 0 aliphatic rings. The number of hydrogen-bond acceptors (Lipinski definition) is 3. The lowest BCUT2D eigenvalue weighted by molar-refractivity contribution is 0.246. The minimum Gasteiger partial charge on any atom is -0.335 e. The number of thiazole rings is 1. The van der Waals surface area contributed by atoms with Crippen LogP contribution in [-0.4, -0.2) is 17.1 Å². The molecule has 0 bridgehead atoms. The Bertz CT molecular complexity index is 604. The highest BCUT2D eigenvalue weighted by atomic mass is 32.1. The Kier molecular flexibility index (Phi) is 4.96. The summed E-state index contributed by atoms with van der Waals surface area (Å²) in [5.74, 6) is 0.409. The zero-order valence-corrected chi connectivity index (χ0v) is 13.6. The van der Waals surface area contributed by atoms with E-state index in [9.17, 15) is 4.79 Å². The molecular formula is C16H21N3OS. The van der Waals surface area contributed by atoms with E-state index in [-0.39, 0.29) is 12.1 Å². The summed E-state index contributed by atoms with van der Waals surface area (Å²) >= 11 is 1.62. The van der Waals surface area contributed by atoms with Crippen LogP contribution in [-0.2, 0) is 0 Å². The zero-order chi connectivity index (χ0) is 15.4. The number of hydrogen-bond donors (Lipinski definition) is 2. The molecule has 2 amide bonds. The van der Waals surface area contributed by atoms with E-state index in [2.05, 4.69) is 29.5 Å². The third-order valence-corrected chi connectivity index (χ3v) is 4.38. The Balaban J connectivity index is 1.98. The summed E-state index contributed by atoms with van der Waals surface area (Å²) in [6.45, 7) is 8.14. The molecule has 0 radical (unpaired) electrons. The number of urea groups is 1. The van der Waals surface area contributed by atoms with Gasteiger partial charge in [0, 0.05) is 28.4 Å². The lowest BCUT2D eigenvalue weighted by Crippen LogP contribution is -2.38. The van der Waals surface area contributed by atoms with Crippen molar-refractivity contribution in [1.29, 1.82) is 0 Å². The Morgan fingerprint density at radius 2 is 1.86 bits per heavy atom.